The van der Waals surface area contributed by atoms with Gasteiger partial charge in [0.05, 0.1) is 0 Å². The molecule has 1 saturated carbocycles. The number of thiocarbonyl (C=S) groups is 1. The van der Waals surface area contributed by atoms with Crippen LogP contribution in [0.3, 0.4) is 0 Å². The van der Waals surface area contributed by atoms with Crippen molar-refractivity contribution >= 4 is 17.3 Å². The Hall–Kier alpha value is -0.350. The summed E-state index contributed by atoms with van der Waals surface area (Å²) < 4.78 is 5.27. The molecule has 0 aromatic heterocycles. The van der Waals surface area contributed by atoms with Gasteiger partial charge in [-0.15, -0.1) is 0 Å². The zero-order valence-corrected chi connectivity index (χ0v) is 8.53. The van der Waals surface area contributed by atoms with Crippen LogP contribution in [-0.4, -0.2) is 30.4 Å². The van der Waals surface area contributed by atoms with Crippen LogP contribution in [0.25, 0.3) is 0 Å². The van der Waals surface area contributed by atoms with Crippen molar-refractivity contribution in [3.8, 4) is 0 Å². The molecule has 0 spiro atoms. The number of hydrogen-bond acceptors (Lipinski definition) is 2. The second-order valence-corrected chi connectivity index (χ2v) is 4.19. The van der Waals surface area contributed by atoms with Crippen LogP contribution in [-0.2, 0) is 4.74 Å². The highest BCUT2D eigenvalue weighted by Crippen LogP contribution is 2.18. The van der Waals surface area contributed by atoms with Gasteiger partial charge in [0.1, 0.15) is 0 Å². The molecule has 1 aliphatic carbocycles. The third-order valence-electron chi connectivity index (χ3n) is 2.47. The summed E-state index contributed by atoms with van der Waals surface area (Å²) in [6.07, 6.45) is 4.70. The van der Waals surface area contributed by atoms with Gasteiger partial charge in [-0.2, -0.15) is 0 Å². The molecule has 1 saturated heterocycles. The summed E-state index contributed by atoms with van der Waals surface area (Å²) in [6, 6.07) is 1.17. The van der Waals surface area contributed by atoms with E-state index in [9.17, 15) is 0 Å². The lowest BCUT2D eigenvalue weighted by Crippen LogP contribution is -2.44. The largest absolute Gasteiger partial charge is 0.381 e. The van der Waals surface area contributed by atoms with E-state index in [1.807, 2.05) is 0 Å². The van der Waals surface area contributed by atoms with Crippen molar-refractivity contribution in [2.75, 3.05) is 13.2 Å². The van der Waals surface area contributed by atoms with E-state index in [1.165, 1.54) is 12.8 Å². The zero-order valence-electron chi connectivity index (χ0n) is 7.71. The molecular weight excluding hydrogens is 184 g/mol. The molecular formula is C9H16N2OS. The van der Waals surface area contributed by atoms with E-state index in [-0.39, 0.29) is 0 Å². The van der Waals surface area contributed by atoms with E-state index in [2.05, 4.69) is 10.6 Å². The number of nitrogens with one attached hydrogen (secondary N) is 2. The van der Waals surface area contributed by atoms with Crippen molar-refractivity contribution in [2.45, 2.75) is 37.8 Å². The molecule has 0 atom stereocenters. The molecule has 1 aliphatic heterocycles. The highest BCUT2D eigenvalue weighted by Gasteiger charge is 2.23. The average Bonchev–Trinajstić information content (AvgIpc) is 2.90. The predicted octanol–water partition coefficient (Wildman–Crippen LogP) is 0.792. The fraction of sp³-hybridized carbons (Fsp3) is 0.889. The summed E-state index contributed by atoms with van der Waals surface area (Å²) in [4.78, 5) is 0. The Morgan fingerprint density at radius 1 is 1.00 bits per heavy atom. The van der Waals surface area contributed by atoms with Crippen LogP contribution in [0.2, 0.25) is 0 Å². The Balaban J connectivity index is 1.66. The van der Waals surface area contributed by atoms with E-state index in [1.54, 1.807) is 0 Å². The third kappa shape index (κ3) is 3.12. The quantitative estimate of drug-likeness (QED) is 0.646. The minimum Gasteiger partial charge on any atom is -0.381 e. The fourth-order valence-corrected chi connectivity index (χ4v) is 1.82. The Morgan fingerprint density at radius 3 is 2.08 bits per heavy atom. The first-order valence-electron chi connectivity index (χ1n) is 4.99. The number of ether oxygens (including phenoxy) is 1. The Kier molecular flexibility index (Phi) is 3.01. The van der Waals surface area contributed by atoms with Crippen LogP contribution in [0.15, 0.2) is 0 Å². The van der Waals surface area contributed by atoms with Crippen LogP contribution >= 0.6 is 12.2 Å². The topological polar surface area (TPSA) is 33.3 Å². The first-order valence-corrected chi connectivity index (χ1v) is 5.40. The van der Waals surface area contributed by atoms with Crippen molar-refractivity contribution in [3.05, 3.63) is 0 Å². The first-order chi connectivity index (χ1) is 6.34. The van der Waals surface area contributed by atoms with Gasteiger partial charge < -0.3 is 15.4 Å². The van der Waals surface area contributed by atoms with Gasteiger partial charge in [-0.3, -0.25) is 0 Å². The van der Waals surface area contributed by atoms with Gasteiger partial charge in [0, 0.05) is 25.3 Å². The Labute approximate surface area is 84.2 Å². The third-order valence-corrected chi connectivity index (χ3v) is 2.70. The average molecular weight is 200 g/mol. The summed E-state index contributed by atoms with van der Waals surface area (Å²) in [5.74, 6) is 0. The highest BCUT2D eigenvalue weighted by atomic mass is 32.1. The van der Waals surface area contributed by atoms with E-state index in [0.717, 1.165) is 31.2 Å². The van der Waals surface area contributed by atoms with Gasteiger partial charge in [0.2, 0.25) is 0 Å². The molecule has 0 bridgehead atoms. The molecule has 0 unspecified atom stereocenters. The summed E-state index contributed by atoms with van der Waals surface area (Å²) in [5, 5.41) is 7.44. The molecule has 1 heterocycles. The number of rotatable bonds is 2. The lowest BCUT2D eigenvalue weighted by Gasteiger charge is -2.24. The molecule has 2 fully saturated rings. The molecule has 0 amide bonds. The molecule has 0 aromatic rings. The molecule has 0 radical (unpaired) electrons. The van der Waals surface area contributed by atoms with Crippen molar-refractivity contribution in [1.82, 2.24) is 10.6 Å². The van der Waals surface area contributed by atoms with E-state index in [0.29, 0.717) is 12.1 Å². The molecule has 2 N–H and O–H groups in total. The van der Waals surface area contributed by atoms with Crippen LogP contribution in [0.1, 0.15) is 25.7 Å². The molecule has 13 heavy (non-hydrogen) atoms. The maximum Gasteiger partial charge on any atom is 0.166 e. The highest BCUT2D eigenvalue weighted by molar-refractivity contribution is 7.80. The van der Waals surface area contributed by atoms with Crippen LogP contribution in [0.5, 0.6) is 0 Å². The lowest BCUT2D eigenvalue weighted by atomic mass is 10.1. The smallest absolute Gasteiger partial charge is 0.166 e. The van der Waals surface area contributed by atoms with Crippen molar-refractivity contribution in [3.63, 3.8) is 0 Å². The summed E-state index contributed by atoms with van der Waals surface area (Å²) >= 11 is 5.19. The minimum atomic E-state index is 0.521. The monoisotopic (exact) mass is 200 g/mol. The first kappa shape index (κ1) is 9.21. The van der Waals surface area contributed by atoms with Gasteiger partial charge in [-0.05, 0) is 37.9 Å². The molecule has 2 rings (SSSR count). The maximum absolute atomic E-state index is 5.27. The lowest BCUT2D eigenvalue weighted by molar-refractivity contribution is 0.0824. The van der Waals surface area contributed by atoms with Gasteiger partial charge in [-0.1, -0.05) is 0 Å². The molecule has 4 heteroatoms. The summed E-state index contributed by atoms with van der Waals surface area (Å²) in [7, 11) is 0. The Morgan fingerprint density at radius 2 is 1.54 bits per heavy atom. The molecule has 74 valence electrons. The van der Waals surface area contributed by atoms with E-state index < -0.39 is 0 Å². The van der Waals surface area contributed by atoms with E-state index in [4.69, 9.17) is 17.0 Å². The predicted molar refractivity (Wildman–Crippen MR) is 55.7 cm³/mol. The molecule has 3 nitrogen and oxygen atoms in total. The van der Waals surface area contributed by atoms with Gasteiger partial charge >= 0.3 is 0 Å². The summed E-state index contributed by atoms with van der Waals surface area (Å²) in [5.41, 5.74) is 0. The van der Waals surface area contributed by atoms with Gasteiger partial charge in [0.15, 0.2) is 5.11 Å². The second-order valence-electron chi connectivity index (χ2n) is 3.78. The normalized spacial score (nSPS) is 24.0. The molecule has 2 aliphatic rings. The molecule has 0 aromatic carbocycles. The van der Waals surface area contributed by atoms with Crippen molar-refractivity contribution in [2.24, 2.45) is 0 Å². The standard InChI is InChI=1S/C9H16N2OS/c13-9(10-7-1-2-7)11-8-3-5-12-6-4-8/h7-8H,1-6H2,(H2,10,11,13). The number of hydrogen-bond donors (Lipinski definition) is 2. The van der Waals surface area contributed by atoms with Crippen LogP contribution in [0.4, 0.5) is 0 Å². The van der Waals surface area contributed by atoms with Crippen LogP contribution < -0.4 is 10.6 Å². The zero-order chi connectivity index (χ0) is 9.10. The van der Waals surface area contributed by atoms with Crippen molar-refractivity contribution < 1.29 is 4.74 Å². The minimum absolute atomic E-state index is 0.521. The maximum atomic E-state index is 5.27. The van der Waals surface area contributed by atoms with Crippen LogP contribution in [0, 0.1) is 0 Å². The van der Waals surface area contributed by atoms with E-state index >= 15 is 0 Å². The van der Waals surface area contributed by atoms with Gasteiger partial charge in [0.25, 0.3) is 0 Å². The van der Waals surface area contributed by atoms with Crippen molar-refractivity contribution in [1.29, 1.82) is 0 Å². The Bertz CT molecular complexity index is 188. The SMILES string of the molecule is S=C(NC1CCOCC1)NC1CC1. The fourth-order valence-electron chi connectivity index (χ4n) is 1.48. The van der Waals surface area contributed by atoms with Gasteiger partial charge in [-0.25, -0.2) is 0 Å². The second kappa shape index (κ2) is 4.24. The summed E-state index contributed by atoms with van der Waals surface area (Å²) in [6.45, 7) is 1.73.